The van der Waals surface area contributed by atoms with Crippen LogP contribution in [0.2, 0.25) is 10.0 Å². The number of thiazole rings is 1. The monoisotopic (exact) mass is 448 g/mol. The van der Waals surface area contributed by atoms with Gasteiger partial charge in [0, 0.05) is 25.5 Å². The third kappa shape index (κ3) is 4.12. The molecule has 0 aliphatic rings. The van der Waals surface area contributed by atoms with Crippen LogP contribution in [0.3, 0.4) is 0 Å². The molecular formula is C20H15Cl2FN4OS. The van der Waals surface area contributed by atoms with E-state index >= 15 is 0 Å². The summed E-state index contributed by atoms with van der Waals surface area (Å²) in [7, 11) is 0. The van der Waals surface area contributed by atoms with Crippen LogP contribution in [0.25, 0.3) is 10.2 Å². The molecule has 4 rings (SSSR count). The lowest BCUT2D eigenvalue weighted by Crippen LogP contribution is -2.33. The van der Waals surface area contributed by atoms with E-state index in [0.29, 0.717) is 35.2 Å². The molecule has 0 saturated carbocycles. The van der Waals surface area contributed by atoms with Gasteiger partial charge in [-0.3, -0.25) is 9.69 Å². The Morgan fingerprint density at radius 2 is 1.97 bits per heavy atom. The number of carbonyl (C=O) groups is 1. The van der Waals surface area contributed by atoms with E-state index in [9.17, 15) is 9.18 Å². The largest absolute Gasteiger partial charge is 0.337 e. The summed E-state index contributed by atoms with van der Waals surface area (Å²) in [5.74, 6) is -1.20. The Morgan fingerprint density at radius 3 is 2.69 bits per heavy atom. The second kappa shape index (κ2) is 8.49. The zero-order chi connectivity index (χ0) is 20.4. The molecule has 0 fully saturated rings. The molecule has 0 spiro atoms. The van der Waals surface area contributed by atoms with Crippen molar-refractivity contribution < 1.29 is 9.18 Å². The van der Waals surface area contributed by atoms with Gasteiger partial charge in [-0.2, -0.15) is 0 Å². The SMILES string of the molecule is O=C(c1c(F)cccc1Cl)N(CCCn1ccnc1)c1nc2c(Cl)cccc2s1. The number of benzene rings is 2. The van der Waals surface area contributed by atoms with Crippen molar-refractivity contribution in [2.24, 2.45) is 0 Å². The van der Waals surface area contributed by atoms with Gasteiger partial charge in [0.05, 0.1) is 26.6 Å². The molecule has 2 aromatic heterocycles. The van der Waals surface area contributed by atoms with Crippen molar-refractivity contribution in [1.29, 1.82) is 0 Å². The first kappa shape index (κ1) is 19.8. The summed E-state index contributed by atoms with van der Waals surface area (Å²) in [5, 5.41) is 1.01. The summed E-state index contributed by atoms with van der Waals surface area (Å²) >= 11 is 13.7. The summed E-state index contributed by atoms with van der Waals surface area (Å²) in [5.41, 5.74) is 0.448. The van der Waals surface area contributed by atoms with E-state index in [1.807, 2.05) is 22.9 Å². The molecule has 9 heteroatoms. The number of anilines is 1. The van der Waals surface area contributed by atoms with Gasteiger partial charge >= 0.3 is 0 Å². The number of nitrogens with zero attached hydrogens (tertiary/aromatic N) is 4. The first-order chi connectivity index (χ1) is 14.0. The second-order valence-corrected chi connectivity index (χ2v) is 8.11. The highest BCUT2D eigenvalue weighted by atomic mass is 35.5. The summed E-state index contributed by atoms with van der Waals surface area (Å²) in [6.07, 6.45) is 5.87. The molecule has 4 aromatic rings. The summed E-state index contributed by atoms with van der Waals surface area (Å²) in [6, 6.07) is 9.63. The Balaban J connectivity index is 1.69. The fourth-order valence-electron chi connectivity index (χ4n) is 2.97. The van der Waals surface area contributed by atoms with Crippen LogP contribution in [0.5, 0.6) is 0 Å². The number of hydrogen-bond donors (Lipinski definition) is 0. The van der Waals surface area contributed by atoms with Crippen molar-refractivity contribution in [3.05, 3.63) is 76.5 Å². The zero-order valence-electron chi connectivity index (χ0n) is 15.1. The van der Waals surface area contributed by atoms with Crippen LogP contribution in [0.1, 0.15) is 16.8 Å². The molecule has 0 saturated heterocycles. The molecule has 0 N–H and O–H groups in total. The van der Waals surface area contributed by atoms with Crippen LogP contribution in [0.4, 0.5) is 9.52 Å². The minimum absolute atomic E-state index is 0.0637. The lowest BCUT2D eigenvalue weighted by atomic mass is 10.2. The van der Waals surface area contributed by atoms with E-state index in [-0.39, 0.29) is 10.6 Å². The van der Waals surface area contributed by atoms with E-state index in [2.05, 4.69) is 9.97 Å². The van der Waals surface area contributed by atoms with Gasteiger partial charge in [0.2, 0.25) is 0 Å². The average Bonchev–Trinajstić information content (AvgIpc) is 3.35. The highest BCUT2D eigenvalue weighted by molar-refractivity contribution is 7.22. The van der Waals surface area contributed by atoms with Crippen molar-refractivity contribution >= 4 is 55.8 Å². The number of para-hydroxylation sites is 1. The number of halogens is 3. The van der Waals surface area contributed by atoms with Crippen LogP contribution in [0.15, 0.2) is 55.1 Å². The molecule has 5 nitrogen and oxygen atoms in total. The molecule has 1 amide bonds. The maximum absolute atomic E-state index is 14.4. The van der Waals surface area contributed by atoms with Gasteiger partial charge in [-0.05, 0) is 30.7 Å². The Kier molecular flexibility index (Phi) is 5.80. The van der Waals surface area contributed by atoms with Crippen molar-refractivity contribution in [2.75, 3.05) is 11.4 Å². The molecule has 0 radical (unpaired) electrons. The fraction of sp³-hybridized carbons (Fsp3) is 0.150. The number of aryl methyl sites for hydroxylation is 1. The average molecular weight is 449 g/mol. The van der Waals surface area contributed by atoms with E-state index in [1.54, 1.807) is 18.6 Å². The van der Waals surface area contributed by atoms with Gasteiger partial charge < -0.3 is 4.57 Å². The van der Waals surface area contributed by atoms with E-state index in [0.717, 1.165) is 4.70 Å². The molecule has 0 atom stereocenters. The van der Waals surface area contributed by atoms with E-state index in [4.69, 9.17) is 23.2 Å². The molecule has 29 heavy (non-hydrogen) atoms. The number of hydrogen-bond acceptors (Lipinski definition) is 4. The van der Waals surface area contributed by atoms with Gasteiger partial charge in [0.1, 0.15) is 11.3 Å². The topological polar surface area (TPSA) is 51.0 Å². The maximum Gasteiger partial charge on any atom is 0.264 e. The summed E-state index contributed by atoms with van der Waals surface area (Å²) < 4.78 is 17.2. The highest BCUT2D eigenvalue weighted by Gasteiger charge is 2.26. The molecule has 0 aliphatic carbocycles. The predicted octanol–water partition coefficient (Wildman–Crippen LogP) is 5.68. The number of fused-ring (bicyclic) bond motifs is 1. The van der Waals surface area contributed by atoms with Gasteiger partial charge in [0.15, 0.2) is 5.13 Å². The highest BCUT2D eigenvalue weighted by Crippen LogP contribution is 2.34. The molecule has 2 aromatic carbocycles. The standard InChI is InChI=1S/C20H15Cl2FN4OS/c21-13-4-1-6-15(23)17(13)19(28)27(10-3-9-26-11-8-24-12-26)20-25-18-14(22)5-2-7-16(18)29-20/h1-2,4-8,11-12H,3,9-10H2. The third-order valence-corrected chi connectivity index (χ3v) is 6.03. The second-order valence-electron chi connectivity index (χ2n) is 6.29. The van der Waals surface area contributed by atoms with Crippen LogP contribution in [0, 0.1) is 5.82 Å². The number of carbonyl (C=O) groups excluding carboxylic acids is 1. The first-order valence-corrected chi connectivity index (χ1v) is 10.4. The number of imidazole rings is 1. The van der Waals surface area contributed by atoms with Crippen molar-refractivity contribution in [3.8, 4) is 0 Å². The van der Waals surface area contributed by atoms with Gasteiger partial charge in [-0.1, -0.05) is 46.7 Å². The third-order valence-electron chi connectivity index (χ3n) is 4.37. The molecule has 148 valence electrons. The lowest BCUT2D eigenvalue weighted by Gasteiger charge is -2.21. The zero-order valence-corrected chi connectivity index (χ0v) is 17.4. The van der Waals surface area contributed by atoms with Crippen molar-refractivity contribution in [1.82, 2.24) is 14.5 Å². The Morgan fingerprint density at radius 1 is 1.17 bits per heavy atom. The molecule has 0 bridgehead atoms. The summed E-state index contributed by atoms with van der Waals surface area (Å²) in [4.78, 5) is 23.3. The van der Waals surface area contributed by atoms with Crippen molar-refractivity contribution in [2.45, 2.75) is 13.0 Å². The van der Waals surface area contributed by atoms with Crippen LogP contribution in [-0.4, -0.2) is 27.0 Å². The van der Waals surface area contributed by atoms with Crippen LogP contribution in [-0.2, 0) is 6.54 Å². The number of aromatic nitrogens is 3. The normalized spacial score (nSPS) is 11.1. The van der Waals surface area contributed by atoms with Crippen LogP contribution >= 0.6 is 34.5 Å². The minimum Gasteiger partial charge on any atom is -0.337 e. The fourth-order valence-corrected chi connectivity index (χ4v) is 4.50. The first-order valence-electron chi connectivity index (χ1n) is 8.81. The van der Waals surface area contributed by atoms with Crippen molar-refractivity contribution in [3.63, 3.8) is 0 Å². The van der Waals surface area contributed by atoms with Crippen LogP contribution < -0.4 is 4.90 Å². The molecular weight excluding hydrogens is 434 g/mol. The Labute approximate surface area is 180 Å². The predicted molar refractivity (Wildman–Crippen MR) is 115 cm³/mol. The molecule has 0 aliphatic heterocycles. The van der Waals surface area contributed by atoms with E-state index in [1.165, 1.54) is 34.4 Å². The van der Waals surface area contributed by atoms with E-state index < -0.39 is 11.7 Å². The molecule has 2 heterocycles. The number of rotatable bonds is 6. The Bertz CT molecular complexity index is 1140. The molecule has 0 unspecified atom stereocenters. The van der Waals surface area contributed by atoms with Gasteiger partial charge in [0.25, 0.3) is 5.91 Å². The van der Waals surface area contributed by atoms with Gasteiger partial charge in [-0.25, -0.2) is 14.4 Å². The smallest absolute Gasteiger partial charge is 0.264 e. The number of amides is 1. The lowest BCUT2D eigenvalue weighted by molar-refractivity contribution is 0.0982. The Hall–Kier alpha value is -2.48. The van der Waals surface area contributed by atoms with Gasteiger partial charge in [-0.15, -0.1) is 0 Å². The maximum atomic E-state index is 14.4. The quantitative estimate of drug-likeness (QED) is 0.381. The summed E-state index contributed by atoms with van der Waals surface area (Å²) in [6.45, 7) is 0.986. The minimum atomic E-state index is -0.666.